The SMILES string of the molecule is CNC/C(=C/F)COc1ccc(S(=O)(=O)N2CCC(CC(=O)N3CC(O)C3)CC2)cn1. The fourth-order valence-electron chi connectivity index (χ4n) is 3.66. The Kier molecular flexibility index (Phi) is 7.98. The monoisotopic (exact) mass is 456 g/mol. The van der Waals surface area contributed by atoms with E-state index < -0.39 is 16.1 Å². The topological polar surface area (TPSA) is 112 Å². The number of carbonyl (C=O) groups excluding carboxylic acids is 1. The van der Waals surface area contributed by atoms with E-state index in [1.165, 1.54) is 22.6 Å². The van der Waals surface area contributed by atoms with Crippen molar-refractivity contribution in [2.24, 2.45) is 5.92 Å². The van der Waals surface area contributed by atoms with Crippen LogP contribution in [0.3, 0.4) is 0 Å². The predicted molar refractivity (Wildman–Crippen MR) is 112 cm³/mol. The third kappa shape index (κ3) is 6.00. The number of aromatic nitrogens is 1. The minimum atomic E-state index is -3.69. The molecule has 0 unspecified atom stereocenters. The van der Waals surface area contributed by atoms with E-state index in [1.54, 1.807) is 11.9 Å². The molecule has 1 amide bonds. The minimum Gasteiger partial charge on any atom is -0.473 e. The molecule has 0 bridgehead atoms. The zero-order valence-corrected chi connectivity index (χ0v) is 18.4. The van der Waals surface area contributed by atoms with E-state index >= 15 is 0 Å². The Morgan fingerprint density at radius 3 is 2.61 bits per heavy atom. The number of carbonyl (C=O) groups is 1. The number of β-amino-alcohol motifs (C(OH)–C–C–N with tert-alkyl or cyclic N) is 1. The molecular formula is C20H29FN4O5S. The lowest BCUT2D eigenvalue weighted by Gasteiger charge is -2.38. The van der Waals surface area contributed by atoms with Gasteiger partial charge in [-0.05, 0) is 31.9 Å². The summed E-state index contributed by atoms with van der Waals surface area (Å²) in [6, 6.07) is 2.88. The van der Waals surface area contributed by atoms with Gasteiger partial charge in [0.2, 0.25) is 21.8 Å². The number of halogens is 1. The standard InChI is InChI=1S/C20H29FN4O5S/c1-22-10-16(9-21)14-30-19-3-2-18(11-23-19)31(28,29)25-6-4-15(5-7-25)8-20(27)24-12-17(26)13-24/h2-3,9,11,15,17,22,26H,4-8,10,12-14H2,1H3/b16-9-. The number of ether oxygens (including phenoxy) is 1. The summed E-state index contributed by atoms with van der Waals surface area (Å²) in [6.07, 6.45) is 2.90. The van der Waals surface area contributed by atoms with E-state index in [4.69, 9.17) is 4.74 Å². The molecule has 3 heterocycles. The van der Waals surface area contributed by atoms with Crippen LogP contribution in [0.15, 0.2) is 35.1 Å². The Bertz CT molecular complexity index is 879. The van der Waals surface area contributed by atoms with Crippen LogP contribution in [0.1, 0.15) is 19.3 Å². The first kappa shape index (κ1) is 23.6. The third-order valence-corrected chi connectivity index (χ3v) is 7.44. The van der Waals surface area contributed by atoms with Gasteiger partial charge in [0, 0.05) is 50.8 Å². The number of pyridine rings is 1. The molecule has 2 saturated heterocycles. The molecule has 3 rings (SSSR count). The van der Waals surface area contributed by atoms with E-state index in [0.717, 1.165) is 0 Å². The van der Waals surface area contributed by atoms with Gasteiger partial charge in [-0.25, -0.2) is 17.8 Å². The second-order valence-corrected chi connectivity index (χ2v) is 9.86. The Balaban J connectivity index is 1.50. The van der Waals surface area contributed by atoms with Gasteiger partial charge in [0.25, 0.3) is 0 Å². The zero-order valence-electron chi connectivity index (χ0n) is 17.5. The largest absolute Gasteiger partial charge is 0.473 e. The van der Waals surface area contributed by atoms with E-state index in [2.05, 4.69) is 10.3 Å². The van der Waals surface area contributed by atoms with Gasteiger partial charge in [-0.2, -0.15) is 4.31 Å². The maximum atomic E-state index is 12.9. The number of aliphatic hydroxyl groups excluding tert-OH is 1. The van der Waals surface area contributed by atoms with Gasteiger partial charge in [-0.15, -0.1) is 0 Å². The maximum Gasteiger partial charge on any atom is 0.244 e. The first-order valence-electron chi connectivity index (χ1n) is 10.3. The lowest BCUT2D eigenvalue weighted by Crippen LogP contribution is -2.54. The smallest absolute Gasteiger partial charge is 0.244 e. The second kappa shape index (κ2) is 10.5. The number of rotatable bonds is 9. The molecule has 1 aromatic heterocycles. The van der Waals surface area contributed by atoms with E-state index in [0.29, 0.717) is 63.9 Å². The van der Waals surface area contributed by atoms with Gasteiger partial charge in [0.15, 0.2) is 0 Å². The first-order chi connectivity index (χ1) is 14.8. The molecule has 2 aliphatic heterocycles. The van der Waals surface area contributed by atoms with Crippen LogP contribution in [0.4, 0.5) is 4.39 Å². The number of nitrogens with zero attached hydrogens (tertiary/aromatic N) is 3. The van der Waals surface area contributed by atoms with Gasteiger partial charge < -0.3 is 20.1 Å². The fraction of sp³-hybridized carbons (Fsp3) is 0.600. The van der Waals surface area contributed by atoms with Crippen LogP contribution < -0.4 is 10.1 Å². The van der Waals surface area contributed by atoms with E-state index in [1.807, 2.05) is 0 Å². The van der Waals surface area contributed by atoms with Gasteiger partial charge in [0.1, 0.15) is 11.5 Å². The Morgan fingerprint density at radius 1 is 1.35 bits per heavy atom. The number of piperidine rings is 1. The summed E-state index contributed by atoms with van der Waals surface area (Å²) < 4.78 is 45.3. The van der Waals surface area contributed by atoms with Gasteiger partial charge in [-0.1, -0.05) is 0 Å². The van der Waals surface area contributed by atoms with Crippen molar-refractivity contribution in [2.45, 2.75) is 30.3 Å². The number of hydrogen-bond donors (Lipinski definition) is 2. The molecule has 2 N–H and O–H groups in total. The highest BCUT2D eigenvalue weighted by Gasteiger charge is 2.33. The number of aliphatic hydroxyl groups is 1. The van der Waals surface area contributed by atoms with Gasteiger partial charge in [0.05, 0.1) is 18.6 Å². The Labute approximate surface area is 181 Å². The lowest BCUT2D eigenvalue weighted by molar-refractivity contribution is -0.142. The minimum absolute atomic E-state index is 0.0130. The molecule has 172 valence electrons. The molecule has 11 heteroatoms. The van der Waals surface area contributed by atoms with Crippen LogP contribution in [0.5, 0.6) is 5.88 Å². The van der Waals surface area contributed by atoms with Crippen LogP contribution in [0.2, 0.25) is 0 Å². The van der Waals surface area contributed by atoms with Crippen molar-refractivity contribution < 1.29 is 27.4 Å². The highest BCUT2D eigenvalue weighted by molar-refractivity contribution is 7.89. The van der Waals surface area contributed by atoms with Crippen molar-refractivity contribution in [2.75, 3.05) is 46.4 Å². The van der Waals surface area contributed by atoms with Crippen LogP contribution in [0, 0.1) is 5.92 Å². The van der Waals surface area contributed by atoms with E-state index in [9.17, 15) is 22.7 Å². The molecule has 0 aromatic carbocycles. The summed E-state index contributed by atoms with van der Waals surface area (Å²) in [5.74, 6) is 0.371. The van der Waals surface area contributed by atoms with Crippen LogP contribution >= 0.6 is 0 Å². The average molecular weight is 457 g/mol. The van der Waals surface area contributed by atoms with Gasteiger partial charge in [-0.3, -0.25) is 4.79 Å². The van der Waals surface area contributed by atoms with Crippen molar-refractivity contribution in [3.8, 4) is 5.88 Å². The predicted octanol–water partition coefficient (Wildman–Crippen LogP) is 0.527. The van der Waals surface area contributed by atoms with Crippen molar-refractivity contribution in [1.82, 2.24) is 19.5 Å². The van der Waals surface area contributed by atoms with E-state index in [-0.39, 0.29) is 29.2 Å². The molecule has 0 radical (unpaired) electrons. The van der Waals surface area contributed by atoms with Crippen molar-refractivity contribution >= 4 is 15.9 Å². The molecule has 2 fully saturated rings. The fourth-order valence-corrected chi connectivity index (χ4v) is 5.07. The second-order valence-electron chi connectivity index (χ2n) is 7.92. The number of likely N-dealkylation sites (N-methyl/N-ethyl adjacent to an activating group) is 1. The highest BCUT2D eigenvalue weighted by atomic mass is 32.2. The number of sulfonamides is 1. The molecule has 0 spiro atoms. The molecule has 31 heavy (non-hydrogen) atoms. The molecule has 9 nitrogen and oxygen atoms in total. The summed E-state index contributed by atoms with van der Waals surface area (Å²) >= 11 is 0. The summed E-state index contributed by atoms with van der Waals surface area (Å²) in [5, 5.41) is 12.1. The van der Waals surface area contributed by atoms with Crippen molar-refractivity contribution in [1.29, 1.82) is 0 Å². The van der Waals surface area contributed by atoms with Gasteiger partial charge >= 0.3 is 0 Å². The summed E-state index contributed by atoms with van der Waals surface area (Å²) in [5.41, 5.74) is 0.410. The molecule has 0 saturated carbocycles. The lowest BCUT2D eigenvalue weighted by atomic mass is 9.93. The summed E-state index contributed by atoms with van der Waals surface area (Å²) in [4.78, 5) is 17.9. The molecule has 2 aliphatic rings. The number of hydrogen-bond acceptors (Lipinski definition) is 7. The molecule has 0 atom stereocenters. The van der Waals surface area contributed by atoms with Crippen LogP contribution in [0.25, 0.3) is 0 Å². The van der Waals surface area contributed by atoms with Crippen molar-refractivity contribution in [3.05, 3.63) is 30.2 Å². The van der Waals surface area contributed by atoms with Crippen molar-refractivity contribution in [3.63, 3.8) is 0 Å². The number of likely N-dealkylation sites (tertiary alicyclic amines) is 1. The average Bonchev–Trinajstić information content (AvgIpc) is 2.75. The molecule has 1 aromatic rings. The third-order valence-electron chi connectivity index (χ3n) is 5.56. The summed E-state index contributed by atoms with van der Waals surface area (Å²) in [7, 11) is -1.99. The molecular weight excluding hydrogens is 427 g/mol. The normalized spacial score (nSPS) is 19.3. The number of amides is 1. The maximum absolute atomic E-state index is 12.9. The highest BCUT2D eigenvalue weighted by Crippen LogP contribution is 2.27. The number of nitrogens with one attached hydrogen (secondary N) is 1. The molecule has 0 aliphatic carbocycles. The zero-order chi connectivity index (χ0) is 22.4. The van der Waals surface area contributed by atoms with Crippen LogP contribution in [-0.4, -0.2) is 86.1 Å². The Hall–Kier alpha value is -2.08. The first-order valence-corrected chi connectivity index (χ1v) is 11.7. The Morgan fingerprint density at radius 2 is 2.06 bits per heavy atom. The summed E-state index contributed by atoms with van der Waals surface area (Å²) in [6.45, 7) is 1.81. The van der Waals surface area contributed by atoms with Crippen LogP contribution in [-0.2, 0) is 14.8 Å². The quantitative estimate of drug-likeness (QED) is 0.557.